The van der Waals surface area contributed by atoms with Crippen LogP contribution in [0.5, 0.6) is 0 Å². The number of likely N-dealkylation sites (tertiary alicyclic amines) is 1. The van der Waals surface area contributed by atoms with Crippen LogP contribution in [0.4, 0.5) is 9.18 Å². The van der Waals surface area contributed by atoms with Crippen LogP contribution in [-0.2, 0) is 17.8 Å². The molecule has 4 nitrogen and oxygen atoms in total. The van der Waals surface area contributed by atoms with Gasteiger partial charge in [0.05, 0.1) is 0 Å². The van der Waals surface area contributed by atoms with E-state index >= 15 is 0 Å². The smallest absolute Gasteiger partial charge is 0.410 e. The minimum Gasteiger partial charge on any atom is -0.445 e. The summed E-state index contributed by atoms with van der Waals surface area (Å²) in [5.41, 5.74) is 3.80. The first-order valence-electron chi connectivity index (χ1n) is 8.99. The SMILES string of the molecule is C=C1CC(Cc2c[nH]c3cc(F)ccc23)N(C(=O)OCc2ccccc2)C1. The molecular weight excluding hydrogens is 343 g/mol. The fourth-order valence-corrected chi connectivity index (χ4v) is 3.66. The van der Waals surface area contributed by atoms with Gasteiger partial charge in [-0.25, -0.2) is 9.18 Å². The Labute approximate surface area is 157 Å². The van der Waals surface area contributed by atoms with E-state index in [1.54, 1.807) is 11.0 Å². The molecule has 5 heteroatoms. The highest BCUT2D eigenvalue weighted by Crippen LogP contribution is 2.28. The van der Waals surface area contributed by atoms with E-state index in [2.05, 4.69) is 11.6 Å². The van der Waals surface area contributed by atoms with E-state index in [1.807, 2.05) is 36.5 Å². The van der Waals surface area contributed by atoms with E-state index in [-0.39, 0.29) is 24.6 Å². The van der Waals surface area contributed by atoms with Crippen LogP contribution in [-0.4, -0.2) is 28.6 Å². The normalized spacial score (nSPS) is 16.9. The van der Waals surface area contributed by atoms with Crippen LogP contribution in [0.15, 0.2) is 66.9 Å². The number of nitrogens with zero attached hydrogens (tertiary/aromatic N) is 1. The number of hydrogen-bond donors (Lipinski definition) is 1. The van der Waals surface area contributed by atoms with E-state index in [9.17, 15) is 9.18 Å². The molecule has 1 amide bonds. The number of carbonyl (C=O) groups is 1. The van der Waals surface area contributed by atoms with Gasteiger partial charge in [-0.15, -0.1) is 0 Å². The van der Waals surface area contributed by atoms with Gasteiger partial charge >= 0.3 is 6.09 Å². The number of fused-ring (bicyclic) bond motifs is 1. The van der Waals surface area contributed by atoms with Crippen LogP contribution in [0.3, 0.4) is 0 Å². The van der Waals surface area contributed by atoms with Gasteiger partial charge in [0.2, 0.25) is 0 Å². The number of hydrogen-bond acceptors (Lipinski definition) is 2. The lowest BCUT2D eigenvalue weighted by molar-refractivity contribution is 0.0926. The molecule has 27 heavy (non-hydrogen) atoms. The van der Waals surface area contributed by atoms with Gasteiger partial charge in [0.1, 0.15) is 12.4 Å². The summed E-state index contributed by atoms with van der Waals surface area (Å²) in [6.07, 6.45) is 2.98. The van der Waals surface area contributed by atoms with E-state index in [4.69, 9.17) is 4.74 Å². The second-order valence-corrected chi connectivity index (χ2v) is 6.98. The third-order valence-corrected chi connectivity index (χ3v) is 4.98. The zero-order chi connectivity index (χ0) is 18.8. The Morgan fingerprint density at radius 2 is 2.07 bits per heavy atom. The Morgan fingerprint density at radius 3 is 2.89 bits per heavy atom. The zero-order valence-electron chi connectivity index (χ0n) is 15.0. The van der Waals surface area contributed by atoms with Gasteiger partial charge in [-0.3, -0.25) is 0 Å². The van der Waals surface area contributed by atoms with E-state index in [1.165, 1.54) is 12.1 Å². The average Bonchev–Trinajstić information content (AvgIpc) is 3.24. The Hall–Kier alpha value is -3.08. The van der Waals surface area contributed by atoms with E-state index in [0.29, 0.717) is 13.0 Å². The monoisotopic (exact) mass is 364 g/mol. The molecule has 1 saturated heterocycles. The summed E-state index contributed by atoms with van der Waals surface area (Å²) >= 11 is 0. The number of aromatic nitrogens is 1. The lowest BCUT2D eigenvalue weighted by Gasteiger charge is -2.23. The van der Waals surface area contributed by atoms with Crippen LogP contribution >= 0.6 is 0 Å². The molecule has 1 atom stereocenters. The van der Waals surface area contributed by atoms with Crippen LogP contribution < -0.4 is 0 Å². The second kappa shape index (κ2) is 7.27. The molecule has 3 aromatic rings. The highest BCUT2D eigenvalue weighted by atomic mass is 19.1. The zero-order valence-corrected chi connectivity index (χ0v) is 15.0. The summed E-state index contributed by atoms with van der Waals surface area (Å²) in [7, 11) is 0. The lowest BCUT2D eigenvalue weighted by atomic mass is 10.0. The largest absolute Gasteiger partial charge is 0.445 e. The fourth-order valence-electron chi connectivity index (χ4n) is 3.66. The molecule has 2 heterocycles. The molecule has 0 radical (unpaired) electrons. The van der Waals surface area contributed by atoms with Gasteiger partial charge in [-0.2, -0.15) is 0 Å². The van der Waals surface area contributed by atoms with Gasteiger partial charge < -0.3 is 14.6 Å². The number of rotatable bonds is 4. The molecule has 1 aromatic heterocycles. The van der Waals surface area contributed by atoms with Crippen molar-refractivity contribution in [2.75, 3.05) is 6.54 Å². The van der Waals surface area contributed by atoms with Gasteiger partial charge in [0.25, 0.3) is 0 Å². The molecule has 1 aliphatic rings. The van der Waals surface area contributed by atoms with Gasteiger partial charge in [-0.05, 0) is 42.2 Å². The third-order valence-electron chi connectivity index (χ3n) is 4.98. The van der Waals surface area contributed by atoms with Gasteiger partial charge in [0, 0.05) is 29.7 Å². The molecular formula is C22H21FN2O2. The lowest BCUT2D eigenvalue weighted by Crippen LogP contribution is -2.37. The van der Waals surface area contributed by atoms with E-state index in [0.717, 1.165) is 34.0 Å². The molecule has 0 saturated carbocycles. The maximum atomic E-state index is 13.4. The second-order valence-electron chi connectivity index (χ2n) is 6.98. The summed E-state index contributed by atoms with van der Waals surface area (Å²) in [5.74, 6) is -0.267. The summed E-state index contributed by atoms with van der Waals surface area (Å²) in [4.78, 5) is 17.5. The quantitative estimate of drug-likeness (QED) is 0.675. The van der Waals surface area contributed by atoms with Crippen molar-refractivity contribution in [3.8, 4) is 0 Å². The maximum absolute atomic E-state index is 13.4. The number of aromatic amines is 1. The van der Waals surface area contributed by atoms with Crippen LogP contribution in [0.2, 0.25) is 0 Å². The number of carbonyl (C=O) groups excluding carboxylic acids is 1. The summed E-state index contributed by atoms with van der Waals surface area (Å²) in [6, 6.07) is 14.3. The molecule has 0 aliphatic carbocycles. The molecule has 0 bridgehead atoms. The van der Waals surface area contributed by atoms with Crippen molar-refractivity contribution < 1.29 is 13.9 Å². The first-order valence-corrected chi connectivity index (χ1v) is 8.99. The van der Waals surface area contributed by atoms with Crippen molar-refractivity contribution in [1.82, 2.24) is 9.88 Å². The molecule has 1 unspecified atom stereocenters. The van der Waals surface area contributed by atoms with Crippen molar-refractivity contribution >= 4 is 17.0 Å². The first kappa shape index (κ1) is 17.3. The van der Waals surface area contributed by atoms with Crippen molar-refractivity contribution in [3.63, 3.8) is 0 Å². The van der Waals surface area contributed by atoms with Crippen molar-refractivity contribution in [3.05, 3.63) is 83.8 Å². The van der Waals surface area contributed by atoms with Gasteiger partial charge in [0.15, 0.2) is 0 Å². The van der Waals surface area contributed by atoms with Crippen LogP contribution in [0, 0.1) is 5.82 Å². The van der Waals surface area contributed by atoms with Crippen molar-refractivity contribution in [1.29, 1.82) is 0 Å². The van der Waals surface area contributed by atoms with Gasteiger partial charge in [-0.1, -0.05) is 42.5 Å². The Bertz CT molecular complexity index is 980. The van der Waals surface area contributed by atoms with Crippen molar-refractivity contribution in [2.24, 2.45) is 0 Å². The number of halogens is 1. The summed E-state index contributed by atoms with van der Waals surface area (Å²) in [5, 5.41) is 0.978. The summed E-state index contributed by atoms with van der Waals surface area (Å²) in [6.45, 7) is 4.81. The Kier molecular flexibility index (Phi) is 4.67. The Balaban J connectivity index is 1.47. The molecule has 1 aliphatic heterocycles. The van der Waals surface area contributed by atoms with E-state index < -0.39 is 0 Å². The minimum absolute atomic E-state index is 0.00942. The predicted molar refractivity (Wildman–Crippen MR) is 103 cm³/mol. The number of nitrogens with one attached hydrogen (secondary N) is 1. The molecule has 0 spiro atoms. The fraction of sp³-hybridized carbons (Fsp3) is 0.227. The predicted octanol–water partition coefficient (Wildman–Crippen LogP) is 4.82. The molecule has 2 aromatic carbocycles. The number of amides is 1. The highest BCUT2D eigenvalue weighted by Gasteiger charge is 2.32. The number of ether oxygens (including phenoxy) is 1. The third kappa shape index (κ3) is 3.72. The Morgan fingerprint density at radius 1 is 1.26 bits per heavy atom. The van der Waals surface area contributed by atoms with Crippen LogP contribution in [0.25, 0.3) is 10.9 Å². The standard InChI is InChI=1S/C22H21FN2O2/c1-15-9-19(10-17-12-24-21-11-18(23)7-8-20(17)21)25(13-15)22(26)27-14-16-5-3-2-4-6-16/h2-8,11-12,19,24H,1,9-10,13-14H2. The first-order chi connectivity index (χ1) is 13.1. The number of H-pyrrole nitrogens is 1. The number of benzene rings is 2. The minimum atomic E-state index is -0.326. The summed E-state index contributed by atoms with van der Waals surface area (Å²) < 4.78 is 18.9. The van der Waals surface area contributed by atoms with Crippen LogP contribution in [0.1, 0.15) is 17.5 Å². The highest BCUT2D eigenvalue weighted by molar-refractivity contribution is 5.83. The molecule has 4 rings (SSSR count). The molecule has 138 valence electrons. The van der Waals surface area contributed by atoms with Crippen molar-refractivity contribution in [2.45, 2.75) is 25.5 Å². The topological polar surface area (TPSA) is 45.3 Å². The maximum Gasteiger partial charge on any atom is 0.410 e. The molecule has 1 N–H and O–H groups in total. The molecule has 1 fully saturated rings. The average molecular weight is 364 g/mol.